The number of aliphatic hydroxyl groups is 1. The standard InChI is InChI=1S/C26H29N3O2/c1-16-17(2)23-15-29(24-5-4-6-25(24)30)26(31)22(23)12-20(16)11-18-7-9-19(10-8-18)21-13-27-28(3)14-21/h7-10,12-14,24-25,30H,4-6,11,15H2,1-3H3/t24-,25-/m0/s1. The normalized spacial score (nSPS) is 20.5. The van der Waals surface area contributed by atoms with E-state index in [1.807, 2.05) is 29.0 Å². The van der Waals surface area contributed by atoms with Crippen LogP contribution in [0.15, 0.2) is 42.7 Å². The quantitative estimate of drug-likeness (QED) is 0.696. The molecule has 5 rings (SSSR count). The van der Waals surface area contributed by atoms with Gasteiger partial charge in [-0.3, -0.25) is 9.48 Å². The van der Waals surface area contributed by atoms with Gasteiger partial charge < -0.3 is 10.0 Å². The fourth-order valence-electron chi connectivity index (χ4n) is 5.17. The lowest BCUT2D eigenvalue weighted by Crippen LogP contribution is -2.40. The molecule has 3 aromatic rings. The summed E-state index contributed by atoms with van der Waals surface area (Å²) >= 11 is 0. The number of nitrogens with zero attached hydrogens (tertiary/aromatic N) is 3. The van der Waals surface area contributed by atoms with E-state index in [-0.39, 0.29) is 11.9 Å². The van der Waals surface area contributed by atoms with Crippen LogP contribution in [0.5, 0.6) is 0 Å². The monoisotopic (exact) mass is 415 g/mol. The first-order valence-electron chi connectivity index (χ1n) is 11.1. The number of benzene rings is 2. The molecule has 0 bridgehead atoms. The van der Waals surface area contributed by atoms with E-state index in [4.69, 9.17) is 0 Å². The summed E-state index contributed by atoms with van der Waals surface area (Å²) in [5, 5.41) is 14.6. The number of aliphatic hydroxyl groups excluding tert-OH is 1. The Morgan fingerprint density at radius 1 is 1.10 bits per heavy atom. The van der Waals surface area contributed by atoms with Crippen LogP contribution in [-0.2, 0) is 20.0 Å². The second-order valence-electron chi connectivity index (χ2n) is 9.09. The van der Waals surface area contributed by atoms with Crippen LogP contribution in [0.4, 0.5) is 0 Å². The maximum absolute atomic E-state index is 13.2. The lowest BCUT2D eigenvalue weighted by atomic mass is 9.91. The van der Waals surface area contributed by atoms with Crippen LogP contribution in [-0.4, -0.2) is 37.8 Å². The number of aromatic nitrogens is 2. The number of carbonyl (C=O) groups excluding carboxylic acids is 1. The SMILES string of the molecule is Cc1c(Cc2ccc(-c3cnn(C)c3)cc2)cc2c(c1C)CN([C@H]1CCC[C@@H]1O)C2=O. The highest BCUT2D eigenvalue weighted by molar-refractivity contribution is 5.99. The molecular weight excluding hydrogens is 386 g/mol. The van der Waals surface area contributed by atoms with Crippen molar-refractivity contribution in [3.05, 3.63) is 76.1 Å². The first-order valence-corrected chi connectivity index (χ1v) is 11.1. The molecule has 1 amide bonds. The molecule has 1 aromatic heterocycles. The van der Waals surface area contributed by atoms with Crippen LogP contribution in [0.25, 0.3) is 11.1 Å². The third-order valence-electron chi connectivity index (χ3n) is 7.19. The lowest BCUT2D eigenvalue weighted by molar-refractivity contribution is 0.0479. The third kappa shape index (κ3) is 3.47. The molecule has 2 heterocycles. The second kappa shape index (κ2) is 7.65. The number of fused-ring (bicyclic) bond motifs is 1. The van der Waals surface area contributed by atoms with Crippen LogP contribution in [0.1, 0.15) is 57.4 Å². The summed E-state index contributed by atoms with van der Waals surface area (Å²) in [7, 11) is 1.92. The zero-order chi connectivity index (χ0) is 21.7. The molecule has 5 nitrogen and oxygen atoms in total. The van der Waals surface area contributed by atoms with E-state index in [9.17, 15) is 9.90 Å². The topological polar surface area (TPSA) is 58.4 Å². The van der Waals surface area contributed by atoms with Gasteiger partial charge in [-0.05, 0) is 79.0 Å². The number of amides is 1. The van der Waals surface area contributed by atoms with E-state index < -0.39 is 6.10 Å². The summed E-state index contributed by atoms with van der Waals surface area (Å²) in [5.74, 6) is 0.0808. The first kappa shape index (κ1) is 20.0. The van der Waals surface area contributed by atoms with Gasteiger partial charge in [0.05, 0.1) is 18.3 Å². The molecule has 1 fully saturated rings. The summed E-state index contributed by atoms with van der Waals surface area (Å²) in [6, 6.07) is 10.6. The van der Waals surface area contributed by atoms with Gasteiger partial charge in [0.25, 0.3) is 5.91 Å². The average molecular weight is 416 g/mol. The molecule has 1 aliphatic heterocycles. The predicted octanol–water partition coefficient (Wildman–Crippen LogP) is 4.16. The summed E-state index contributed by atoms with van der Waals surface area (Å²) in [5.41, 5.74) is 9.12. The highest BCUT2D eigenvalue weighted by atomic mass is 16.3. The molecule has 2 atom stereocenters. The van der Waals surface area contributed by atoms with Gasteiger partial charge in [-0.15, -0.1) is 0 Å². The third-order valence-corrected chi connectivity index (χ3v) is 7.19. The number of hydrogen-bond acceptors (Lipinski definition) is 3. The van der Waals surface area contributed by atoms with Crippen LogP contribution in [0.2, 0.25) is 0 Å². The van der Waals surface area contributed by atoms with Gasteiger partial charge in [-0.2, -0.15) is 5.10 Å². The first-order chi connectivity index (χ1) is 14.9. The van der Waals surface area contributed by atoms with E-state index in [1.54, 1.807) is 0 Å². The summed E-state index contributed by atoms with van der Waals surface area (Å²) in [6.07, 6.45) is 6.98. The number of rotatable bonds is 4. The van der Waals surface area contributed by atoms with Crippen LogP contribution >= 0.6 is 0 Å². The minimum absolute atomic E-state index is 0.0388. The number of carbonyl (C=O) groups is 1. The van der Waals surface area contributed by atoms with Crippen molar-refractivity contribution in [1.82, 2.24) is 14.7 Å². The summed E-state index contributed by atoms with van der Waals surface area (Å²) in [6.45, 7) is 4.92. The minimum atomic E-state index is -0.391. The van der Waals surface area contributed by atoms with E-state index in [2.05, 4.69) is 49.3 Å². The van der Waals surface area contributed by atoms with Crippen molar-refractivity contribution in [2.75, 3.05) is 0 Å². The molecule has 0 radical (unpaired) electrons. The van der Waals surface area contributed by atoms with Crippen molar-refractivity contribution in [2.24, 2.45) is 7.05 Å². The minimum Gasteiger partial charge on any atom is -0.391 e. The molecule has 1 saturated carbocycles. The zero-order valence-electron chi connectivity index (χ0n) is 18.4. The molecule has 0 unspecified atom stereocenters. The molecular formula is C26H29N3O2. The van der Waals surface area contributed by atoms with E-state index >= 15 is 0 Å². The Morgan fingerprint density at radius 3 is 2.52 bits per heavy atom. The molecule has 5 heteroatoms. The van der Waals surface area contributed by atoms with Crippen molar-refractivity contribution in [3.8, 4) is 11.1 Å². The molecule has 0 spiro atoms. The van der Waals surface area contributed by atoms with Gasteiger partial charge in [0.2, 0.25) is 0 Å². The van der Waals surface area contributed by atoms with Crippen LogP contribution < -0.4 is 0 Å². The maximum Gasteiger partial charge on any atom is 0.254 e. The largest absolute Gasteiger partial charge is 0.391 e. The predicted molar refractivity (Wildman–Crippen MR) is 121 cm³/mol. The molecule has 1 N–H and O–H groups in total. The average Bonchev–Trinajstić information content (AvgIpc) is 3.46. The van der Waals surface area contributed by atoms with Crippen LogP contribution in [0, 0.1) is 13.8 Å². The number of hydrogen-bond donors (Lipinski definition) is 1. The Hall–Kier alpha value is -2.92. The molecule has 2 aromatic carbocycles. The van der Waals surface area contributed by atoms with Crippen LogP contribution in [0.3, 0.4) is 0 Å². The lowest BCUT2D eigenvalue weighted by Gasteiger charge is -2.26. The van der Waals surface area contributed by atoms with Gasteiger partial charge in [-0.1, -0.05) is 24.3 Å². The van der Waals surface area contributed by atoms with E-state index in [0.717, 1.165) is 47.9 Å². The Balaban J connectivity index is 1.41. The van der Waals surface area contributed by atoms with Crippen molar-refractivity contribution >= 4 is 5.91 Å². The Labute approximate surface area is 183 Å². The molecule has 2 aliphatic rings. The molecule has 1 aliphatic carbocycles. The summed E-state index contributed by atoms with van der Waals surface area (Å²) in [4.78, 5) is 15.1. The van der Waals surface area contributed by atoms with E-state index in [1.165, 1.54) is 22.3 Å². The van der Waals surface area contributed by atoms with Gasteiger partial charge in [0.1, 0.15) is 0 Å². The molecule has 0 saturated heterocycles. The van der Waals surface area contributed by atoms with Crippen molar-refractivity contribution in [1.29, 1.82) is 0 Å². The van der Waals surface area contributed by atoms with Gasteiger partial charge >= 0.3 is 0 Å². The smallest absolute Gasteiger partial charge is 0.254 e. The molecule has 31 heavy (non-hydrogen) atoms. The maximum atomic E-state index is 13.2. The molecule has 160 valence electrons. The van der Waals surface area contributed by atoms with Crippen molar-refractivity contribution in [2.45, 2.75) is 58.2 Å². The fourth-order valence-corrected chi connectivity index (χ4v) is 5.17. The number of aryl methyl sites for hydroxylation is 1. The zero-order valence-corrected chi connectivity index (χ0v) is 18.4. The highest BCUT2D eigenvalue weighted by Gasteiger charge is 2.39. The van der Waals surface area contributed by atoms with Crippen molar-refractivity contribution in [3.63, 3.8) is 0 Å². The van der Waals surface area contributed by atoms with Crippen molar-refractivity contribution < 1.29 is 9.90 Å². The fraction of sp³-hybridized carbons (Fsp3) is 0.385. The second-order valence-corrected chi connectivity index (χ2v) is 9.09. The summed E-state index contributed by atoms with van der Waals surface area (Å²) < 4.78 is 1.81. The van der Waals surface area contributed by atoms with E-state index in [0.29, 0.717) is 6.54 Å². The van der Waals surface area contributed by atoms with Gasteiger partial charge in [0.15, 0.2) is 0 Å². The Kier molecular flexibility index (Phi) is 4.94. The Morgan fingerprint density at radius 2 is 1.87 bits per heavy atom. The highest BCUT2D eigenvalue weighted by Crippen LogP contribution is 2.36. The van der Waals surface area contributed by atoms with Gasteiger partial charge in [-0.25, -0.2) is 0 Å². The van der Waals surface area contributed by atoms with Gasteiger partial charge in [0, 0.05) is 30.9 Å². The Bertz CT molecular complexity index is 1150.